The van der Waals surface area contributed by atoms with Crippen molar-refractivity contribution in [1.82, 2.24) is 10.2 Å². The minimum absolute atomic E-state index is 0.0898. The first-order valence-corrected chi connectivity index (χ1v) is 6.83. The predicted molar refractivity (Wildman–Crippen MR) is 76.5 cm³/mol. The molecule has 0 aliphatic heterocycles. The van der Waals surface area contributed by atoms with Gasteiger partial charge in [0.25, 0.3) is 0 Å². The zero-order valence-corrected chi connectivity index (χ0v) is 12.4. The summed E-state index contributed by atoms with van der Waals surface area (Å²) >= 11 is 1.23. The SMILES string of the molecule is CC=CCN(C(C)=O)c1nnc(N(CC)C(C)=O)s1. The average molecular weight is 282 g/mol. The van der Waals surface area contributed by atoms with Crippen LogP contribution >= 0.6 is 11.3 Å². The van der Waals surface area contributed by atoms with E-state index in [0.717, 1.165) is 0 Å². The normalized spacial score (nSPS) is 10.7. The van der Waals surface area contributed by atoms with Gasteiger partial charge in [-0.2, -0.15) is 0 Å². The highest BCUT2D eigenvalue weighted by Crippen LogP contribution is 2.27. The Morgan fingerprint density at radius 1 is 1.16 bits per heavy atom. The molecule has 104 valence electrons. The molecule has 2 amide bonds. The summed E-state index contributed by atoms with van der Waals surface area (Å²) in [6, 6.07) is 0. The van der Waals surface area contributed by atoms with Crippen molar-refractivity contribution in [3.05, 3.63) is 12.2 Å². The summed E-state index contributed by atoms with van der Waals surface area (Å²) in [6.45, 7) is 7.69. The van der Waals surface area contributed by atoms with E-state index in [4.69, 9.17) is 0 Å². The number of amides is 2. The summed E-state index contributed by atoms with van der Waals surface area (Å²) in [6.07, 6.45) is 3.73. The van der Waals surface area contributed by atoms with Crippen molar-refractivity contribution in [2.75, 3.05) is 22.9 Å². The van der Waals surface area contributed by atoms with Gasteiger partial charge in [-0.05, 0) is 13.8 Å². The van der Waals surface area contributed by atoms with E-state index in [-0.39, 0.29) is 11.8 Å². The van der Waals surface area contributed by atoms with Crippen molar-refractivity contribution < 1.29 is 9.59 Å². The molecule has 0 unspecified atom stereocenters. The third kappa shape index (κ3) is 3.85. The van der Waals surface area contributed by atoms with Crippen LogP contribution in [0.25, 0.3) is 0 Å². The van der Waals surface area contributed by atoms with Crippen LogP contribution in [0.3, 0.4) is 0 Å². The Hall–Kier alpha value is -1.76. The largest absolute Gasteiger partial charge is 0.287 e. The first-order chi connectivity index (χ1) is 9.01. The highest BCUT2D eigenvalue weighted by Gasteiger charge is 2.19. The van der Waals surface area contributed by atoms with E-state index in [0.29, 0.717) is 23.4 Å². The third-order valence-electron chi connectivity index (χ3n) is 2.47. The summed E-state index contributed by atoms with van der Waals surface area (Å²) in [5.41, 5.74) is 0. The van der Waals surface area contributed by atoms with Crippen LogP contribution in [0.5, 0.6) is 0 Å². The first-order valence-electron chi connectivity index (χ1n) is 6.02. The van der Waals surface area contributed by atoms with Crippen molar-refractivity contribution >= 4 is 33.4 Å². The van der Waals surface area contributed by atoms with Crippen LogP contribution in [-0.4, -0.2) is 35.1 Å². The van der Waals surface area contributed by atoms with E-state index in [1.165, 1.54) is 35.0 Å². The van der Waals surface area contributed by atoms with Crippen molar-refractivity contribution in [2.45, 2.75) is 27.7 Å². The van der Waals surface area contributed by atoms with E-state index in [1.807, 2.05) is 26.0 Å². The molecule has 0 aliphatic rings. The number of carbonyl (C=O) groups excluding carboxylic acids is 2. The van der Waals surface area contributed by atoms with E-state index in [9.17, 15) is 9.59 Å². The number of hydrogen-bond donors (Lipinski definition) is 0. The highest BCUT2D eigenvalue weighted by molar-refractivity contribution is 7.19. The Bertz CT molecular complexity index is 484. The minimum atomic E-state index is -0.105. The summed E-state index contributed by atoms with van der Waals surface area (Å²) in [4.78, 5) is 26.1. The molecule has 0 fully saturated rings. The van der Waals surface area contributed by atoms with Gasteiger partial charge in [-0.1, -0.05) is 23.5 Å². The van der Waals surface area contributed by atoms with E-state index in [1.54, 1.807) is 0 Å². The lowest BCUT2D eigenvalue weighted by Crippen LogP contribution is -2.28. The first kappa shape index (κ1) is 15.3. The average Bonchev–Trinajstić information content (AvgIpc) is 2.79. The monoisotopic (exact) mass is 282 g/mol. The minimum Gasteiger partial charge on any atom is -0.287 e. The van der Waals surface area contributed by atoms with Gasteiger partial charge in [0.05, 0.1) is 0 Å². The second kappa shape index (κ2) is 6.98. The Morgan fingerprint density at radius 2 is 1.68 bits per heavy atom. The Balaban J connectivity index is 2.98. The Kier molecular flexibility index (Phi) is 5.62. The Morgan fingerprint density at radius 3 is 2.11 bits per heavy atom. The van der Waals surface area contributed by atoms with Crippen molar-refractivity contribution in [1.29, 1.82) is 0 Å². The molecule has 19 heavy (non-hydrogen) atoms. The topological polar surface area (TPSA) is 66.4 Å². The number of carbonyl (C=O) groups is 2. The fourth-order valence-electron chi connectivity index (χ4n) is 1.47. The molecule has 0 atom stereocenters. The molecule has 1 heterocycles. The van der Waals surface area contributed by atoms with Crippen LogP contribution in [0, 0.1) is 0 Å². The predicted octanol–water partition coefficient (Wildman–Crippen LogP) is 1.84. The second-order valence-electron chi connectivity index (χ2n) is 3.83. The van der Waals surface area contributed by atoms with Gasteiger partial charge in [0.2, 0.25) is 22.1 Å². The number of hydrogen-bond acceptors (Lipinski definition) is 5. The molecule has 1 aromatic rings. The van der Waals surface area contributed by atoms with Crippen LogP contribution in [0.4, 0.5) is 10.3 Å². The number of aromatic nitrogens is 2. The molecule has 0 saturated heterocycles. The fourth-order valence-corrected chi connectivity index (χ4v) is 2.48. The van der Waals surface area contributed by atoms with Gasteiger partial charge in [-0.15, -0.1) is 10.2 Å². The molecule has 7 heteroatoms. The molecule has 0 bridgehead atoms. The maximum atomic E-state index is 11.6. The van der Waals surface area contributed by atoms with Crippen LogP contribution < -0.4 is 9.80 Å². The van der Waals surface area contributed by atoms with E-state index >= 15 is 0 Å². The molecular weight excluding hydrogens is 264 g/mol. The smallest absolute Gasteiger partial charge is 0.225 e. The van der Waals surface area contributed by atoms with E-state index in [2.05, 4.69) is 10.2 Å². The van der Waals surface area contributed by atoms with Crippen LogP contribution in [0.2, 0.25) is 0 Å². The summed E-state index contributed by atoms with van der Waals surface area (Å²) in [7, 11) is 0. The van der Waals surface area contributed by atoms with Crippen molar-refractivity contribution in [2.24, 2.45) is 0 Å². The van der Waals surface area contributed by atoms with Crippen LogP contribution in [0.15, 0.2) is 12.2 Å². The standard InChI is InChI=1S/C12H18N4O2S/c1-5-7-8-16(10(4)18)12-14-13-11(19-12)15(6-2)9(3)17/h5,7H,6,8H2,1-4H3. The molecular formula is C12H18N4O2S. The van der Waals surface area contributed by atoms with Gasteiger partial charge in [-0.3, -0.25) is 19.4 Å². The third-order valence-corrected chi connectivity index (χ3v) is 3.43. The fraction of sp³-hybridized carbons (Fsp3) is 0.500. The van der Waals surface area contributed by atoms with Gasteiger partial charge in [0.15, 0.2) is 0 Å². The molecule has 1 rings (SSSR count). The molecule has 0 N–H and O–H groups in total. The van der Waals surface area contributed by atoms with E-state index < -0.39 is 0 Å². The number of rotatable bonds is 5. The molecule has 0 aliphatic carbocycles. The maximum Gasteiger partial charge on any atom is 0.225 e. The second-order valence-corrected chi connectivity index (χ2v) is 4.76. The van der Waals surface area contributed by atoms with Gasteiger partial charge in [0, 0.05) is 26.9 Å². The number of anilines is 2. The molecule has 1 aromatic heterocycles. The number of nitrogens with zero attached hydrogens (tertiary/aromatic N) is 4. The lowest BCUT2D eigenvalue weighted by atomic mass is 10.4. The number of allylic oxidation sites excluding steroid dienone is 1. The van der Waals surface area contributed by atoms with Crippen LogP contribution in [-0.2, 0) is 9.59 Å². The molecule has 0 spiro atoms. The van der Waals surface area contributed by atoms with Gasteiger partial charge in [-0.25, -0.2) is 0 Å². The molecule has 6 nitrogen and oxygen atoms in total. The highest BCUT2D eigenvalue weighted by atomic mass is 32.1. The lowest BCUT2D eigenvalue weighted by molar-refractivity contribution is -0.117. The van der Waals surface area contributed by atoms with Crippen molar-refractivity contribution in [3.8, 4) is 0 Å². The lowest BCUT2D eigenvalue weighted by Gasteiger charge is -2.15. The van der Waals surface area contributed by atoms with Gasteiger partial charge < -0.3 is 0 Å². The quantitative estimate of drug-likeness (QED) is 0.773. The summed E-state index contributed by atoms with van der Waals surface area (Å²) in [5, 5.41) is 8.97. The maximum absolute atomic E-state index is 11.6. The molecule has 0 aromatic carbocycles. The molecule has 0 saturated carbocycles. The zero-order chi connectivity index (χ0) is 14.4. The molecule has 0 radical (unpaired) electrons. The van der Waals surface area contributed by atoms with Gasteiger partial charge >= 0.3 is 0 Å². The van der Waals surface area contributed by atoms with Crippen LogP contribution in [0.1, 0.15) is 27.7 Å². The summed E-state index contributed by atoms with van der Waals surface area (Å²) in [5.74, 6) is -0.195. The summed E-state index contributed by atoms with van der Waals surface area (Å²) < 4.78 is 0. The zero-order valence-electron chi connectivity index (χ0n) is 11.6. The van der Waals surface area contributed by atoms with Gasteiger partial charge in [0.1, 0.15) is 0 Å². The Labute approximate surface area is 116 Å². The van der Waals surface area contributed by atoms with Crippen molar-refractivity contribution in [3.63, 3.8) is 0 Å².